The van der Waals surface area contributed by atoms with Crippen LogP contribution >= 0.6 is 0 Å². The predicted molar refractivity (Wildman–Crippen MR) is 108 cm³/mol. The van der Waals surface area contributed by atoms with E-state index in [2.05, 4.69) is 21.1 Å². The molecule has 5 rings (SSSR count). The molecule has 0 fully saturated rings. The summed E-state index contributed by atoms with van der Waals surface area (Å²) in [6.07, 6.45) is 0. The van der Waals surface area contributed by atoms with Crippen molar-refractivity contribution in [3.63, 3.8) is 0 Å². The Balaban J connectivity index is 1.82. The van der Waals surface area contributed by atoms with Gasteiger partial charge in [-0.2, -0.15) is 14.9 Å². The summed E-state index contributed by atoms with van der Waals surface area (Å²) in [5, 5.41) is 13.8. The zero-order chi connectivity index (χ0) is 20.1. The van der Waals surface area contributed by atoms with E-state index in [1.54, 1.807) is 25.1 Å². The lowest BCUT2D eigenvalue weighted by molar-refractivity contribution is 0.616. The maximum atomic E-state index is 13.3. The normalized spacial score (nSPS) is 11.2. The molecule has 8 nitrogen and oxygen atoms in total. The van der Waals surface area contributed by atoms with Gasteiger partial charge in [-0.15, -0.1) is 0 Å². The van der Waals surface area contributed by atoms with E-state index in [9.17, 15) is 10.1 Å². The van der Waals surface area contributed by atoms with Crippen LogP contribution in [0.2, 0.25) is 0 Å². The molecule has 29 heavy (non-hydrogen) atoms. The third-order valence-electron chi connectivity index (χ3n) is 4.80. The summed E-state index contributed by atoms with van der Waals surface area (Å²) in [7, 11) is 0. The smallest absolute Gasteiger partial charge is 0.287 e. The molecule has 8 heteroatoms. The van der Waals surface area contributed by atoms with Gasteiger partial charge in [0.1, 0.15) is 22.8 Å². The number of nitrogens with two attached hydrogens (primary N) is 1. The van der Waals surface area contributed by atoms with Crippen LogP contribution < -0.4 is 11.3 Å². The fraction of sp³-hybridized carbons (Fsp3) is 0.0476. The van der Waals surface area contributed by atoms with Crippen LogP contribution in [0.4, 0.5) is 5.69 Å². The highest BCUT2D eigenvalue weighted by Crippen LogP contribution is 2.30. The summed E-state index contributed by atoms with van der Waals surface area (Å²) < 4.78 is 6.96. The Labute approximate surface area is 163 Å². The minimum atomic E-state index is -0.431. The molecule has 0 atom stereocenters. The first-order valence-corrected chi connectivity index (χ1v) is 8.85. The molecule has 0 amide bonds. The van der Waals surface area contributed by atoms with Gasteiger partial charge in [-0.3, -0.25) is 4.79 Å². The Hall–Kier alpha value is -4.38. The largest absolute Gasteiger partial charge is 0.436 e. The van der Waals surface area contributed by atoms with Crippen molar-refractivity contribution in [1.29, 1.82) is 5.26 Å². The van der Waals surface area contributed by atoms with Crippen molar-refractivity contribution in [3.05, 3.63) is 70.3 Å². The number of nitrogens with one attached hydrogen (secondary N) is 1. The van der Waals surface area contributed by atoms with E-state index in [-0.39, 0.29) is 17.1 Å². The van der Waals surface area contributed by atoms with Crippen molar-refractivity contribution >= 4 is 22.4 Å². The van der Waals surface area contributed by atoms with Gasteiger partial charge in [-0.25, -0.2) is 4.98 Å². The zero-order valence-electron chi connectivity index (χ0n) is 15.3. The number of fused-ring (bicyclic) bond motifs is 2. The molecule has 0 saturated carbocycles. The fourth-order valence-corrected chi connectivity index (χ4v) is 3.47. The van der Waals surface area contributed by atoms with Crippen LogP contribution in [0, 0.1) is 18.3 Å². The highest BCUT2D eigenvalue weighted by atomic mass is 16.3. The number of para-hydroxylation sites is 1. The molecule has 2 aromatic carbocycles. The van der Waals surface area contributed by atoms with Gasteiger partial charge in [0.15, 0.2) is 11.3 Å². The average molecular weight is 382 g/mol. The number of H-pyrrole nitrogens is 1. The Kier molecular flexibility index (Phi) is 3.51. The fourth-order valence-electron chi connectivity index (χ4n) is 3.47. The van der Waals surface area contributed by atoms with Gasteiger partial charge >= 0.3 is 0 Å². The molecule has 0 saturated heterocycles. The van der Waals surface area contributed by atoms with E-state index in [1.165, 1.54) is 4.52 Å². The first-order valence-electron chi connectivity index (χ1n) is 8.85. The monoisotopic (exact) mass is 382 g/mol. The molecule has 0 aliphatic carbocycles. The highest BCUT2D eigenvalue weighted by Gasteiger charge is 2.23. The molecule has 0 spiro atoms. The second-order valence-electron chi connectivity index (χ2n) is 6.60. The van der Waals surface area contributed by atoms with Gasteiger partial charge in [-0.05, 0) is 24.6 Å². The molecule has 5 aromatic rings. The lowest BCUT2D eigenvalue weighted by atomic mass is 10.1. The zero-order valence-corrected chi connectivity index (χ0v) is 15.3. The molecule has 3 N–H and O–H groups in total. The Morgan fingerprint density at radius 2 is 1.93 bits per heavy atom. The van der Waals surface area contributed by atoms with Crippen LogP contribution in [0.3, 0.4) is 0 Å². The van der Waals surface area contributed by atoms with Crippen LogP contribution in [-0.4, -0.2) is 19.6 Å². The van der Waals surface area contributed by atoms with Gasteiger partial charge in [0.2, 0.25) is 5.89 Å². The number of aromatic amines is 1. The third kappa shape index (κ3) is 2.41. The number of oxazole rings is 1. The summed E-state index contributed by atoms with van der Waals surface area (Å²) in [6.45, 7) is 1.75. The molecule has 3 aromatic heterocycles. The number of aromatic nitrogens is 4. The standard InChI is InChI=1S/C21H14N6O2/c1-11-16(20-25-18-13(23)8-5-9-15(18)29-20)21(28)27-19(24-11)17(14(10-22)26-27)12-6-3-2-4-7-12/h2-9,24H,23H2,1H3. The highest BCUT2D eigenvalue weighted by molar-refractivity contribution is 5.87. The van der Waals surface area contributed by atoms with E-state index in [4.69, 9.17) is 10.2 Å². The predicted octanol–water partition coefficient (Wildman–Crippen LogP) is 3.26. The van der Waals surface area contributed by atoms with Crippen LogP contribution in [0.5, 0.6) is 0 Å². The minimum absolute atomic E-state index is 0.147. The van der Waals surface area contributed by atoms with Crippen molar-refractivity contribution in [1.82, 2.24) is 19.6 Å². The lowest BCUT2D eigenvalue weighted by Crippen LogP contribution is -2.19. The Bertz CT molecular complexity index is 1500. The summed E-state index contributed by atoms with van der Waals surface area (Å²) in [5.41, 5.74) is 9.71. The van der Waals surface area contributed by atoms with Crippen LogP contribution in [0.1, 0.15) is 11.4 Å². The third-order valence-corrected chi connectivity index (χ3v) is 4.80. The van der Waals surface area contributed by atoms with Crippen LogP contribution in [-0.2, 0) is 0 Å². The number of nitriles is 1. The van der Waals surface area contributed by atoms with Crippen molar-refractivity contribution in [3.8, 4) is 28.7 Å². The van der Waals surface area contributed by atoms with E-state index in [0.717, 1.165) is 5.56 Å². The number of aryl methyl sites for hydroxylation is 1. The van der Waals surface area contributed by atoms with Gasteiger partial charge in [0.25, 0.3) is 5.56 Å². The minimum Gasteiger partial charge on any atom is -0.436 e. The molecular weight excluding hydrogens is 368 g/mol. The number of nitrogens with zero attached hydrogens (tertiary/aromatic N) is 4. The second kappa shape index (κ2) is 6.07. The number of nitrogen functional groups attached to an aromatic ring is 1. The maximum Gasteiger partial charge on any atom is 0.287 e. The van der Waals surface area contributed by atoms with Crippen molar-refractivity contribution in [2.75, 3.05) is 5.73 Å². The molecule has 0 unspecified atom stereocenters. The van der Waals surface area contributed by atoms with Crippen molar-refractivity contribution in [2.45, 2.75) is 6.92 Å². The van der Waals surface area contributed by atoms with Gasteiger partial charge in [-0.1, -0.05) is 36.4 Å². The topological polar surface area (TPSA) is 126 Å². The number of rotatable bonds is 2. The molecule has 0 bridgehead atoms. The van der Waals surface area contributed by atoms with Gasteiger partial charge in [0, 0.05) is 5.69 Å². The Morgan fingerprint density at radius 3 is 2.66 bits per heavy atom. The Morgan fingerprint density at radius 1 is 1.14 bits per heavy atom. The SMILES string of the molecule is Cc1[nH]c2c(-c3ccccc3)c(C#N)nn2c(=O)c1-c1nc2c(N)cccc2o1. The lowest BCUT2D eigenvalue weighted by Gasteiger charge is -2.05. The summed E-state index contributed by atoms with van der Waals surface area (Å²) in [4.78, 5) is 20.9. The first kappa shape index (κ1) is 16.8. The number of hydrogen-bond acceptors (Lipinski definition) is 6. The molecule has 0 radical (unpaired) electrons. The molecule has 3 heterocycles. The number of hydrogen-bond donors (Lipinski definition) is 2. The molecule has 0 aliphatic heterocycles. The van der Waals surface area contributed by atoms with E-state index in [1.807, 2.05) is 30.3 Å². The van der Waals surface area contributed by atoms with Crippen LogP contribution in [0.15, 0.2) is 57.7 Å². The summed E-state index contributed by atoms with van der Waals surface area (Å²) in [5.74, 6) is 0.147. The van der Waals surface area contributed by atoms with Gasteiger partial charge < -0.3 is 15.1 Å². The van der Waals surface area contributed by atoms with Crippen molar-refractivity contribution < 1.29 is 4.42 Å². The van der Waals surface area contributed by atoms with E-state index >= 15 is 0 Å². The molecular formula is C21H14N6O2. The van der Waals surface area contributed by atoms with Crippen molar-refractivity contribution in [2.24, 2.45) is 0 Å². The second-order valence-corrected chi connectivity index (χ2v) is 6.60. The average Bonchev–Trinajstić information content (AvgIpc) is 3.31. The van der Waals surface area contributed by atoms with E-state index in [0.29, 0.717) is 33.7 Å². The quantitative estimate of drug-likeness (QED) is 0.451. The van der Waals surface area contributed by atoms with E-state index < -0.39 is 5.56 Å². The maximum absolute atomic E-state index is 13.3. The molecule has 140 valence electrons. The number of benzene rings is 2. The summed E-state index contributed by atoms with van der Waals surface area (Å²) >= 11 is 0. The molecule has 0 aliphatic rings. The van der Waals surface area contributed by atoms with Gasteiger partial charge in [0.05, 0.1) is 11.3 Å². The van der Waals surface area contributed by atoms with Crippen LogP contribution in [0.25, 0.3) is 39.3 Å². The summed E-state index contributed by atoms with van der Waals surface area (Å²) in [6, 6.07) is 16.6. The number of anilines is 1. The first-order chi connectivity index (χ1) is 14.1.